The quantitative estimate of drug-likeness (QED) is 0.487. The highest BCUT2D eigenvalue weighted by Gasteiger charge is 2.28. The van der Waals surface area contributed by atoms with Gasteiger partial charge in [0.1, 0.15) is 6.54 Å². The number of para-hydroxylation sites is 2. The van der Waals surface area contributed by atoms with Crippen molar-refractivity contribution in [3.63, 3.8) is 0 Å². The summed E-state index contributed by atoms with van der Waals surface area (Å²) in [7, 11) is 0. The summed E-state index contributed by atoms with van der Waals surface area (Å²) in [6.07, 6.45) is 5.29. The molecule has 2 aromatic carbocycles. The lowest BCUT2D eigenvalue weighted by Gasteiger charge is -2.24. The number of benzene rings is 2. The number of likely N-dealkylation sites (tertiary alicyclic amines) is 1. The molecule has 4 heterocycles. The van der Waals surface area contributed by atoms with Gasteiger partial charge in [0.05, 0.1) is 16.6 Å². The van der Waals surface area contributed by atoms with Gasteiger partial charge in [-0.05, 0) is 43.0 Å². The molecule has 0 N–H and O–H groups in total. The van der Waals surface area contributed by atoms with Gasteiger partial charge < -0.3 is 9.47 Å². The number of nitrogens with zero attached hydrogens (tertiary/aromatic N) is 4. The summed E-state index contributed by atoms with van der Waals surface area (Å²) < 4.78 is 3.89. The lowest BCUT2D eigenvalue weighted by Crippen LogP contribution is -2.35. The number of hydrogen-bond donors (Lipinski definition) is 0. The first kappa shape index (κ1) is 19.3. The lowest BCUT2D eigenvalue weighted by molar-refractivity contribution is -0.131. The van der Waals surface area contributed by atoms with E-state index in [-0.39, 0.29) is 18.0 Å². The second-order valence-electron chi connectivity index (χ2n) is 8.88. The van der Waals surface area contributed by atoms with Gasteiger partial charge in [-0.1, -0.05) is 43.2 Å². The van der Waals surface area contributed by atoms with Gasteiger partial charge in [0.25, 0.3) is 5.56 Å². The largest absolute Gasteiger partial charge is 0.341 e. The Hall–Kier alpha value is -3.41. The summed E-state index contributed by atoms with van der Waals surface area (Å²) in [5, 5.41) is 1.79. The van der Waals surface area contributed by atoms with E-state index in [1.54, 1.807) is 4.57 Å². The molecular formula is C26H26N4O2. The van der Waals surface area contributed by atoms with Crippen molar-refractivity contribution in [2.45, 2.75) is 45.2 Å². The molecule has 0 spiro atoms. The van der Waals surface area contributed by atoms with Gasteiger partial charge in [-0.15, -0.1) is 0 Å². The van der Waals surface area contributed by atoms with Crippen LogP contribution in [0.5, 0.6) is 0 Å². The average Bonchev–Trinajstić information content (AvgIpc) is 2.96. The van der Waals surface area contributed by atoms with E-state index in [0.717, 1.165) is 48.9 Å². The molecule has 2 aromatic heterocycles. The Bertz CT molecular complexity index is 1410. The molecule has 6 nitrogen and oxygen atoms in total. The Morgan fingerprint density at radius 2 is 1.59 bits per heavy atom. The number of hydrogen-bond acceptors (Lipinski definition) is 3. The molecule has 0 unspecified atom stereocenters. The van der Waals surface area contributed by atoms with Crippen LogP contribution in [0, 0.1) is 0 Å². The van der Waals surface area contributed by atoms with Crippen molar-refractivity contribution in [1.29, 1.82) is 0 Å². The standard InChI is InChI=1S/C26H26N4O2/c31-23(28-14-7-1-2-8-15-28)17-30-22-12-6-4-9-18(22)19-13-16-29-25(24(19)30)27-21-11-5-3-10-20(21)26(29)32/h3-6,9-12H,1-2,7-8,13-17H2. The van der Waals surface area contributed by atoms with Crippen LogP contribution in [0.25, 0.3) is 33.3 Å². The third kappa shape index (κ3) is 2.97. The van der Waals surface area contributed by atoms with Gasteiger partial charge in [-0.3, -0.25) is 14.2 Å². The van der Waals surface area contributed by atoms with Gasteiger partial charge in [0.15, 0.2) is 5.82 Å². The first-order valence-corrected chi connectivity index (χ1v) is 11.6. The van der Waals surface area contributed by atoms with E-state index in [9.17, 15) is 9.59 Å². The van der Waals surface area contributed by atoms with Crippen LogP contribution >= 0.6 is 0 Å². The van der Waals surface area contributed by atoms with E-state index in [4.69, 9.17) is 4.98 Å². The first-order chi connectivity index (χ1) is 15.7. The second kappa shape index (κ2) is 7.62. The predicted molar refractivity (Wildman–Crippen MR) is 126 cm³/mol. The molecule has 0 bridgehead atoms. The molecule has 6 heteroatoms. The van der Waals surface area contributed by atoms with Gasteiger partial charge in [-0.25, -0.2) is 4.98 Å². The fourth-order valence-electron chi connectivity index (χ4n) is 5.38. The molecule has 32 heavy (non-hydrogen) atoms. The molecule has 2 aliphatic heterocycles. The molecule has 1 amide bonds. The van der Waals surface area contributed by atoms with Gasteiger partial charge in [0.2, 0.25) is 5.91 Å². The van der Waals surface area contributed by atoms with Gasteiger partial charge >= 0.3 is 0 Å². The second-order valence-corrected chi connectivity index (χ2v) is 8.88. The molecule has 4 aromatic rings. The Morgan fingerprint density at radius 3 is 2.41 bits per heavy atom. The number of carbonyl (C=O) groups excluding carboxylic acids is 1. The van der Waals surface area contributed by atoms with Crippen LogP contribution in [0.3, 0.4) is 0 Å². The van der Waals surface area contributed by atoms with E-state index >= 15 is 0 Å². The Morgan fingerprint density at radius 1 is 0.875 bits per heavy atom. The minimum atomic E-state index is -0.00750. The molecule has 0 saturated carbocycles. The summed E-state index contributed by atoms with van der Waals surface area (Å²) in [5.74, 6) is 0.825. The fraction of sp³-hybridized carbons (Fsp3) is 0.346. The summed E-state index contributed by atoms with van der Waals surface area (Å²) in [6.45, 7) is 2.55. The van der Waals surface area contributed by atoms with Crippen LogP contribution in [0.1, 0.15) is 31.2 Å². The Kier molecular flexibility index (Phi) is 4.59. The number of aromatic nitrogens is 3. The van der Waals surface area contributed by atoms with E-state index < -0.39 is 0 Å². The lowest BCUT2D eigenvalue weighted by atomic mass is 10.0. The summed E-state index contributed by atoms with van der Waals surface area (Å²) in [4.78, 5) is 33.5. The van der Waals surface area contributed by atoms with Crippen molar-refractivity contribution in [3.05, 3.63) is 64.4 Å². The average molecular weight is 427 g/mol. The number of fused-ring (bicyclic) bond motifs is 6. The highest BCUT2D eigenvalue weighted by Crippen LogP contribution is 2.36. The fourth-order valence-corrected chi connectivity index (χ4v) is 5.38. The molecule has 0 atom stereocenters. The van der Waals surface area contributed by atoms with Crippen molar-refractivity contribution < 1.29 is 4.79 Å². The molecule has 6 rings (SSSR count). The number of amides is 1. The third-order valence-electron chi connectivity index (χ3n) is 6.99. The minimum Gasteiger partial charge on any atom is -0.341 e. The summed E-state index contributed by atoms with van der Waals surface area (Å²) >= 11 is 0. The van der Waals surface area contributed by atoms with Crippen LogP contribution in [-0.4, -0.2) is 38.0 Å². The van der Waals surface area contributed by atoms with Crippen molar-refractivity contribution in [3.8, 4) is 11.5 Å². The molecule has 162 valence electrons. The molecule has 2 aliphatic rings. The maximum Gasteiger partial charge on any atom is 0.261 e. The third-order valence-corrected chi connectivity index (χ3v) is 6.99. The number of carbonyl (C=O) groups is 1. The maximum absolute atomic E-state index is 13.4. The van der Waals surface area contributed by atoms with Crippen molar-refractivity contribution >= 4 is 27.7 Å². The highest BCUT2D eigenvalue weighted by molar-refractivity contribution is 5.93. The molecule has 0 aliphatic carbocycles. The first-order valence-electron chi connectivity index (χ1n) is 11.6. The predicted octanol–water partition coefficient (Wildman–Crippen LogP) is 3.98. The van der Waals surface area contributed by atoms with Crippen molar-refractivity contribution in [2.75, 3.05) is 13.1 Å². The van der Waals surface area contributed by atoms with Crippen LogP contribution < -0.4 is 5.56 Å². The van der Waals surface area contributed by atoms with Crippen molar-refractivity contribution in [2.24, 2.45) is 0 Å². The molecule has 0 radical (unpaired) electrons. The monoisotopic (exact) mass is 426 g/mol. The van der Waals surface area contributed by atoms with E-state index in [1.807, 2.05) is 41.3 Å². The van der Waals surface area contributed by atoms with Gasteiger partial charge in [0, 0.05) is 30.5 Å². The zero-order valence-corrected chi connectivity index (χ0v) is 18.1. The Balaban J connectivity index is 1.55. The van der Waals surface area contributed by atoms with Crippen LogP contribution in [0.4, 0.5) is 0 Å². The maximum atomic E-state index is 13.4. The van der Waals surface area contributed by atoms with Gasteiger partial charge in [-0.2, -0.15) is 0 Å². The normalized spacial score (nSPS) is 16.1. The minimum absolute atomic E-state index is 0.00750. The molecule has 1 fully saturated rings. The SMILES string of the molecule is O=C(Cn1c2c(c3ccccc31)CCn1c-2nc2ccccc2c1=O)N1CCCCCC1. The van der Waals surface area contributed by atoms with Crippen LogP contribution in [0.15, 0.2) is 53.3 Å². The zero-order valence-electron chi connectivity index (χ0n) is 18.1. The smallest absolute Gasteiger partial charge is 0.261 e. The highest BCUT2D eigenvalue weighted by atomic mass is 16.2. The molecule has 1 saturated heterocycles. The van der Waals surface area contributed by atoms with E-state index in [1.165, 1.54) is 18.4 Å². The number of aryl methyl sites for hydroxylation is 1. The van der Waals surface area contributed by atoms with Crippen LogP contribution in [-0.2, 0) is 24.3 Å². The van der Waals surface area contributed by atoms with Crippen molar-refractivity contribution in [1.82, 2.24) is 19.0 Å². The Labute approximate surface area is 186 Å². The topological polar surface area (TPSA) is 60.1 Å². The summed E-state index contributed by atoms with van der Waals surface area (Å²) in [5.41, 5.74) is 3.84. The van der Waals surface area contributed by atoms with E-state index in [2.05, 4.69) is 16.7 Å². The van der Waals surface area contributed by atoms with Crippen LogP contribution in [0.2, 0.25) is 0 Å². The summed E-state index contributed by atoms with van der Waals surface area (Å²) in [6, 6.07) is 15.8. The zero-order chi connectivity index (χ0) is 21.7. The van der Waals surface area contributed by atoms with E-state index in [0.29, 0.717) is 23.3 Å². The molecular weight excluding hydrogens is 400 g/mol. The number of rotatable bonds is 2.